The van der Waals surface area contributed by atoms with E-state index in [2.05, 4.69) is 34.5 Å². The van der Waals surface area contributed by atoms with Crippen molar-refractivity contribution in [3.63, 3.8) is 0 Å². The lowest BCUT2D eigenvalue weighted by atomic mass is 9.99. The third-order valence-electron chi connectivity index (χ3n) is 4.83. The van der Waals surface area contributed by atoms with Crippen molar-refractivity contribution in [2.24, 2.45) is 0 Å². The van der Waals surface area contributed by atoms with Crippen LogP contribution in [0, 0.1) is 13.8 Å². The Morgan fingerprint density at radius 1 is 1.04 bits per heavy atom. The fourth-order valence-electron chi connectivity index (χ4n) is 3.52. The number of hydrogen-bond donors (Lipinski definition) is 1. The molecule has 0 radical (unpaired) electrons. The van der Waals surface area contributed by atoms with Crippen molar-refractivity contribution in [1.29, 1.82) is 0 Å². The number of alkyl halides is 1. The van der Waals surface area contributed by atoms with Gasteiger partial charge in [-0.05, 0) is 36.1 Å². The van der Waals surface area contributed by atoms with Crippen LogP contribution in [0.3, 0.4) is 0 Å². The van der Waals surface area contributed by atoms with Crippen molar-refractivity contribution in [1.82, 2.24) is 10.2 Å². The van der Waals surface area contributed by atoms with Crippen LogP contribution in [0.1, 0.15) is 28.3 Å². The zero-order valence-electron chi connectivity index (χ0n) is 15.9. The van der Waals surface area contributed by atoms with E-state index in [-0.39, 0.29) is 37.5 Å². The quantitative estimate of drug-likeness (QED) is 0.744. The summed E-state index contributed by atoms with van der Waals surface area (Å²) in [6, 6.07) is 14.1. The molecule has 150 valence electrons. The highest BCUT2D eigenvalue weighted by Gasteiger charge is 2.23. The Hall–Kier alpha value is -1.33. The van der Waals surface area contributed by atoms with Gasteiger partial charge in [-0.15, -0.1) is 24.8 Å². The maximum atomic E-state index is 13.8. The molecule has 1 saturated heterocycles. The first kappa shape index (κ1) is 23.7. The molecule has 2 aromatic carbocycles. The van der Waals surface area contributed by atoms with E-state index in [0.29, 0.717) is 6.61 Å². The molecular weight excluding hydrogens is 386 g/mol. The number of piperazine rings is 1. The first-order valence-electron chi connectivity index (χ1n) is 8.97. The second-order valence-electron chi connectivity index (χ2n) is 6.71. The Balaban J connectivity index is 0.00000182. The minimum Gasteiger partial charge on any atom is -0.488 e. The lowest BCUT2D eigenvalue weighted by Gasteiger charge is -2.34. The van der Waals surface area contributed by atoms with E-state index in [4.69, 9.17) is 4.74 Å². The first-order valence-corrected chi connectivity index (χ1v) is 8.97. The van der Waals surface area contributed by atoms with Crippen LogP contribution in [-0.2, 0) is 6.61 Å². The summed E-state index contributed by atoms with van der Waals surface area (Å²) in [5, 5.41) is 3.33. The highest BCUT2D eigenvalue weighted by molar-refractivity contribution is 5.85. The summed E-state index contributed by atoms with van der Waals surface area (Å²) < 4.78 is 19.8. The van der Waals surface area contributed by atoms with Gasteiger partial charge in [0.05, 0.1) is 6.04 Å². The number of aryl methyl sites for hydroxylation is 2. The smallest absolute Gasteiger partial charge is 0.125 e. The number of rotatable bonds is 6. The number of benzene rings is 2. The second-order valence-corrected chi connectivity index (χ2v) is 6.71. The minimum atomic E-state index is -0.358. The molecule has 3 rings (SSSR count). The first-order chi connectivity index (χ1) is 12.2. The zero-order chi connectivity index (χ0) is 17.6. The van der Waals surface area contributed by atoms with Gasteiger partial charge in [0.25, 0.3) is 0 Å². The molecule has 2 aromatic rings. The van der Waals surface area contributed by atoms with Gasteiger partial charge in [0.2, 0.25) is 0 Å². The summed E-state index contributed by atoms with van der Waals surface area (Å²) in [6.45, 7) is 7.90. The topological polar surface area (TPSA) is 24.5 Å². The molecule has 6 heteroatoms. The Kier molecular flexibility index (Phi) is 10.1. The Morgan fingerprint density at radius 2 is 1.63 bits per heavy atom. The molecule has 0 aromatic heterocycles. The minimum absolute atomic E-state index is 0. The highest BCUT2D eigenvalue weighted by atomic mass is 35.5. The van der Waals surface area contributed by atoms with Gasteiger partial charge in [-0.3, -0.25) is 4.90 Å². The average molecular weight is 415 g/mol. The van der Waals surface area contributed by atoms with E-state index in [1.165, 1.54) is 0 Å². The molecule has 1 heterocycles. The van der Waals surface area contributed by atoms with Crippen LogP contribution in [0.2, 0.25) is 0 Å². The monoisotopic (exact) mass is 414 g/mol. The molecule has 27 heavy (non-hydrogen) atoms. The lowest BCUT2D eigenvalue weighted by Crippen LogP contribution is -2.45. The van der Waals surface area contributed by atoms with Gasteiger partial charge in [-0.1, -0.05) is 42.5 Å². The van der Waals surface area contributed by atoms with Crippen LogP contribution in [0.5, 0.6) is 5.75 Å². The SMILES string of the molecule is Cc1cc([C@@H](CF)N2CCNCC2)cc(C)c1OCc1ccccc1.Cl.Cl. The van der Waals surface area contributed by atoms with Crippen LogP contribution in [0.15, 0.2) is 42.5 Å². The van der Waals surface area contributed by atoms with Crippen molar-refractivity contribution >= 4 is 24.8 Å². The standard InChI is InChI=1S/C21H27FN2O.2ClH/c1-16-12-19(20(14-22)24-10-8-23-9-11-24)13-17(2)21(16)25-15-18-6-4-3-5-7-18;;/h3-7,12-13,20,23H,8-11,14-15H2,1-2H3;2*1H/t20-;;/m1../s1. The average Bonchev–Trinajstić information content (AvgIpc) is 2.63. The van der Waals surface area contributed by atoms with E-state index in [1.54, 1.807) is 0 Å². The van der Waals surface area contributed by atoms with Crippen LogP contribution in [0.4, 0.5) is 4.39 Å². The molecule has 0 saturated carbocycles. The largest absolute Gasteiger partial charge is 0.488 e. The molecule has 0 aliphatic carbocycles. The molecular formula is C21H29Cl2FN2O. The van der Waals surface area contributed by atoms with Gasteiger partial charge in [-0.2, -0.15) is 0 Å². The summed E-state index contributed by atoms with van der Waals surface area (Å²) in [7, 11) is 0. The fraction of sp³-hybridized carbons (Fsp3) is 0.429. The maximum Gasteiger partial charge on any atom is 0.125 e. The molecule has 1 aliphatic rings. The van der Waals surface area contributed by atoms with Gasteiger partial charge in [0.1, 0.15) is 19.0 Å². The third-order valence-corrected chi connectivity index (χ3v) is 4.83. The van der Waals surface area contributed by atoms with E-state index >= 15 is 0 Å². The van der Waals surface area contributed by atoms with Gasteiger partial charge < -0.3 is 10.1 Å². The normalized spacial score (nSPS) is 15.4. The van der Waals surface area contributed by atoms with Gasteiger partial charge in [0, 0.05) is 26.2 Å². The number of nitrogens with one attached hydrogen (secondary N) is 1. The molecule has 1 atom stereocenters. The van der Waals surface area contributed by atoms with Gasteiger partial charge >= 0.3 is 0 Å². The van der Waals surface area contributed by atoms with Crippen molar-refractivity contribution < 1.29 is 9.13 Å². The number of hydrogen-bond acceptors (Lipinski definition) is 3. The van der Waals surface area contributed by atoms with Crippen molar-refractivity contribution in [3.05, 3.63) is 64.7 Å². The van der Waals surface area contributed by atoms with E-state index < -0.39 is 0 Å². The predicted octanol–water partition coefficient (Wildman–Crippen LogP) is 4.64. The van der Waals surface area contributed by atoms with Crippen LogP contribution < -0.4 is 10.1 Å². The summed E-state index contributed by atoms with van der Waals surface area (Å²) >= 11 is 0. The molecule has 3 nitrogen and oxygen atoms in total. The predicted molar refractivity (Wildman–Crippen MR) is 114 cm³/mol. The molecule has 0 unspecified atom stereocenters. The molecule has 0 amide bonds. The van der Waals surface area contributed by atoms with Crippen molar-refractivity contribution in [2.75, 3.05) is 32.9 Å². The Bertz CT molecular complexity index is 671. The van der Waals surface area contributed by atoms with Gasteiger partial charge in [-0.25, -0.2) is 4.39 Å². The zero-order valence-corrected chi connectivity index (χ0v) is 17.5. The fourth-order valence-corrected chi connectivity index (χ4v) is 3.52. The van der Waals surface area contributed by atoms with Crippen molar-refractivity contribution in [3.8, 4) is 5.75 Å². The molecule has 0 spiro atoms. The Morgan fingerprint density at radius 3 is 2.19 bits per heavy atom. The molecule has 1 N–H and O–H groups in total. The van der Waals surface area contributed by atoms with Crippen LogP contribution >= 0.6 is 24.8 Å². The number of halogens is 3. The van der Waals surface area contributed by atoms with E-state index in [1.807, 2.05) is 32.0 Å². The van der Waals surface area contributed by atoms with Crippen LogP contribution in [0.25, 0.3) is 0 Å². The van der Waals surface area contributed by atoms with E-state index in [9.17, 15) is 4.39 Å². The summed E-state index contributed by atoms with van der Waals surface area (Å²) in [6.07, 6.45) is 0. The van der Waals surface area contributed by atoms with Crippen molar-refractivity contribution in [2.45, 2.75) is 26.5 Å². The van der Waals surface area contributed by atoms with E-state index in [0.717, 1.165) is 54.2 Å². The van der Waals surface area contributed by atoms with Gasteiger partial charge in [0.15, 0.2) is 0 Å². The third kappa shape index (κ3) is 6.08. The highest BCUT2D eigenvalue weighted by Crippen LogP contribution is 2.31. The number of ether oxygens (including phenoxy) is 1. The summed E-state index contributed by atoms with van der Waals surface area (Å²) in [5.74, 6) is 0.908. The maximum absolute atomic E-state index is 13.8. The number of nitrogens with zero attached hydrogens (tertiary/aromatic N) is 1. The lowest BCUT2D eigenvalue weighted by molar-refractivity contribution is 0.147. The summed E-state index contributed by atoms with van der Waals surface area (Å²) in [4.78, 5) is 2.23. The Labute approximate surface area is 174 Å². The second kappa shape index (κ2) is 11.5. The molecule has 0 bridgehead atoms. The summed E-state index contributed by atoms with van der Waals surface area (Å²) in [5.41, 5.74) is 4.33. The van der Waals surface area contributed by atoms with Crippen LogP contribution in [-0.4, -0.2) is 37.8 Å². The molecule has 1 fully saturated rings. The molecule has 1 aliphatic heterocycles.